The van der Waals surface area contributed by atoms with E-state index in [1.54, 1.807) is 24.1 Å². The minimum absolute atomic E-state index is 0.118. The zero-order chi connectivity index (χ0) is 27.5. The van der Waals surface area contributed by atoms with Gasteiger partial charge in [0.2, 0.25) is 11.8 Å². The van der Waals surface area contributed by atoms with Gasteiger partial charge in [-0.15, -0.1) is 0 Å². The Kier molecular flexibility index (Phi) is 10.1. The highest BCUT2D eigenvalue weighted by Gasteiger charge is 2.30. The first-order valence-corrected chi connectivity index (χ1v) is 13.4. The first kappa shape index (κ1) is 27.9. The molecule has 39 heavy (non-hydrogen) atoms. The first-order chi connectivity index (χ1) is 19.0. The van der Waals surface area contributed by atoms with Gasteiger partial charge >= 0.3 is 0 Å². The number of carbonyl (C=O) groups excluding carboxylic acids is 2. The molecule has 0 heterocycles. The number of carbonyl (C=O) groups is 2. The lowest BCUT2D eigenvalue weighted by atomic mass is 10.0. The molecular weight excluding hydrogens is 508 g/mol. The van der Waals surface area contributed by atoms with Crippen LogP contribution in [0, 0.1) is 0 Å². The van der Waals surface area contributed by atoms with E-state index in [2.05, 4.69) is 5.32 Å². The van der Waals surface area contributed by atoms with Crippen molar-refractivity contribution in [3.63, 3.8) is 0 Å². The van der Waals surface area contributed by atoms with Gasteiger partial charge in [0, 0.05) is 24.5 Å². The van der Waals surface area contributed by atoms with E-state index < -0.39 is 6.04 Å². The van der Waals surface area contributed by atoms with Crippen LogP contribution in [0.1, 0.15) is 22.3 Å². The number of ether oxygens (including phenoxy) is 1. The zero-order valence-electron chi connectivity index (χ0n) is 22.1. The fourth-order valence-corrected chi connectivity index (χ4v) is 4.58. The Labute approximate surface area is 235 Å². The molecule has 0 fully saturated rings. The number of benzene rings is 4. The van der Waals surface area contributed by atoms with E-state index in [-0.39, 0.29) is 18.2 Å². The molecule has 4 rings (SSSR count). The van der Waals surface area contributed by atoms with E-state index in [1.807, 2.05) is 97.1 Å². The topological polar surface area (TPSA) is 58.6 Å². The van der Waals surface area contributed by atoms with Gasteiger partial charge in [0.25, 0.3) is 0 Å². The fraction of sp³-hybridized carbons (Fsp3) is 0.212. The average molecular weight is 541 g/mol. The standard InChI is InChI=1S/C33H33ClN2O3/c1-39-30-18-14-25(15-19-30)20-21-35-33(38)31(22-26-8-4-2-5-9-26)36(24-28-10-6-3-7-11-28)32(37)23-27-12-16-29(34)17-13-27/h2-19,31H,20-24H2,1H3,(H,35,38)/t31-/m0/s1. The molecule has 4 aromatic rings. The predicted octanol–water partition coefficient (Wildman–Crippen LogP) is 5.89. The molecule has 4 aromatic carbocycles. The maximum absolute atomic E-state index is 13.8. The summed E-state index contributed by atoms with van der Waals surface area (Å²) in [6.45, 7) is 0.789. The van der Waals surface area contributed by atoms with Crippen molar-refractivity contribution in [2.24, 2.45) is 0 Å². The van der Waals surface area contributed by atoms with Crippen molar-refractivity contribution in [2.45, 2.75) is 31.8 Å². The van der Waals surface area contributed by atoms with Gasteiger partial charge in [-0.1, -0.05) is 96.5 Å². The summed E-state index contributed by atoms with van der Waals surface area (Å²) in [5.74, 6) is 0.502. The highest BCUT2D eigenvalue weighted by molar-refractivity contribution is 6.30. The van der Waals surface area contributed by atoms with Gasteiger partial charge in [0.05, 0.1) is 13.5 Å². The van der Waals surface area contributed by atoms with Crippen molar-refractivity contribution in [1.82, 2.24) is 10.2 Å². The molecule has 1 atom stereocenters. The zero-order valence-corrected chi connectivity index (χ0v) is 22.8. The monoisotopic (exact) mass is 540 g/mol. The van der Waals surface area contributed by atoms with Crippen LogP contribution in [0.2, 0.25) is 5.02 Å². The minimum Gasteiger partial charge on any atom is -0.497 e. The summed E-state index contributed by atoms with van der Waals surface area (Å²) in [7, 11) is 1.64. The van der Waals surface area contributed by atoms with Crippen LogP contribution >= 0.6 is 11.6 Å². The average Bonchev–Trinajstić information content (AvgIpc) is 2.97. The highest BCUT2D eigenvalue weighted by atomic mass is 35.5. The van der Waals surface area contributed by atoms with Gasteiger partial charge in [0.1, 0.15) is 11.8 Å². The molecule has 2 amide bonds. The number of rotatable bonds is 12. The second kappa shape index (κ2) is 14.2. The molecule has 0 aliphatic heterocycles. The van der Waals surface area contributed by atoms with Gasteiger partial charge in [0.15, 0.2) is 0 Å². The van der Waals surface area contributed by atoms with Crippen molar-refractivity contribution >= 4 is 23.4 Å². The van der Waals surface area contributed by atoms with Crippen molar-refractivity contribution in [1.29, 1.82) is 0 Å². The summed E-state index contributed by atoms with van der Waals surface area (Å²) in [4.78, 5) is 29.2. The lowest BCUT2D eigenvalue weighted by Crippen LogP contribution is -2.51. The number of hydrogen-bond donors (Lipinski definition) is 1. The second-order valence-electron chi connectivity index (χ2n) is 9.41. The minimum atomic E-state index is -0.678. The van der Waals surface area contributed by atoms with Crippen LogP contribution in [0.4, 0.5) is 0 Å². The molecule has 0 spiro atoms. The van der Waals surface area contributed by atoms with Gasteiger partial charge < -0.3 is 15.0 Å². The van der Waals surface area contributed by atoms with Gasteiger partial charge in [-0.3, -0.25) is 9.59 Å². The van der Waals surface area contributed by atoms with E-state index in [0.29, 0.717) is 31.0 Å². The van der Waals surface area contributed by atoms with Crippen LogP contribution < -0.4 is 10.1 Å². The third-order valence-electron chi connectivity index (χ3n) is 6.61. The molecule has 0 unspecified atom stereocenters. The van der Waals surface area contributed by atoms with Gasteiger partial charge in [-0.05, 0) is 52.9 Å². The maximum Gasteiger partial charge on any atom is 0.243 e. The highest BCUT2D eigenvalue weighted by Crippen LogP contribution is 2.18. The molecular formula is C33H33ClN2O3. The van der Waals surface area contributed by atoms with E-state index in [1.165, 1.54) is 0 Å². The Hall–Kier alpha value is -4.09. The van der Waals surface area contributed by atoms with Crippen LogP contribution in [0.5, 0.6) is 5.75 Å². The predicted molar refractivity (Wildman–Crippen MR) is 156 cm³/mol. The van der Waals surface area contributed by atoms with Gasteiger partial charge in [-0.25, -0.2) is 0 Å². The Bertz CT molecular complexity index is 1330. The Balaban J connectivity index is 1.56. The lowest BCUT2D eigenvalue weighted by Gasteiger charge is -2.31. The van der Waals surface area contributed by atoms with Crippen LogP contribution in [0.15, 0.2) is 109 Å². The van der Waals surface area contributed by atoms with Crippen molar-refractivity contribution in [2.75, 3.05) is 13.7 Å². The molecule has 0 radical (unpaired) electrons. The molecule has 0 aliphatic rings. The molecule has 1 N–H and O–H groups in total. The van der Waals surface area contributed by atoms with Gasteiger partial charge in [-0.2, -0.15) is 0 Å². The smallest absolute Gasteiger partial charge is 0.243 e. The Morgan fingerprint density at radius 2 is 1.36 bits per heavy atom. The number of amides is 2. The summed E-state index contributed by atoms with van der Waals surface area (Å²) in [5.41, 5.74) is 3.90. The third-order valence-corrected chi connectivity index (χ3v) is 6.86. The lowest BCUT2D eigenvalue weighted by molar-refractivity contribution is -0.140. The first-order valence-electron chi connectivity index (χ1n) is 13.0. The number of methoxy groups -OCH3 is 1. The normalized spacial score (nSPS) is 11.4. The summed E-state index contributed by atoms with van der Waals surface area (Å²) in [6, 6.07) is 34.0. The number of nitrogens with zero attached hydrogens (tertiary/aromatic N) is 1. The van der Waals surface area contributed by atoms with Crippen LogP contribution in [-0.2, 0) is 35.4 Å². The Morgan fingerprint density at radius 1 is 0.769 bits per heavy atom. The summed E-state index contributed by atoms with van der Waals surface area (Å²) < 4.78 is 5.23. The van der Waals surface area contributed by atoms with E-state index in [9.17, 15) is 9.59 Å². The largest absolute Gasteiger partial charge is 0.497 e. The molecule has 0 saturated carbocycles. The Morgan fingerprint density at radius 3 is 1.97 bits per heavy atom. The van der Waals surface area contributed by atoms with E-state index in [0.717, 1.165) is 28.0 Å². The van der Waals surface area contributed by atoms with Crippen LogP contribution in [-0.4, -0.2) is 36.4 Å². The quantitative estimate of drug-likeness (QED) is 0.244. The SMILES string of the molecule is COc1ccc(CCNC(=O)[C@H](Cc2ccccc2)N(Cc2ccccc2)C(=O)Cc2ccc(Cl)cc2)cc1. The summed E-state index contributed by atoms with van der Waals surface area (Å²) in [6.07, 6.45) is 1.26. The van der Waals surface area contributed by atoms with E-state index >= 15 is 0 Å². The number of hydrogen-bond acceptors (Lipinski definition) is 3. The summed E-state index contributed by atoms with van der Waals surface area (Å²) >= 11 is 6.05. The van der Waals surface area contributed by atoms with Crippen LogP contribution in [0.3, 0.4) is 0 Å². The number of halogens is 1. The van der Waals surface area contributed by atoms with Crippen LogP contribution in [0.25, 0.3) is 0 Å². The maximum atomic E-state index is 13.8. The fourth-order valence-electron chi connectivity index (χ4n) is 4.45. The second-order valence-corrected chi connectivity index (χ2v) is 9.84. The molecule has 0 aliphatic carbocycles. The van der Waals surface area contributed by atoms with Crippen molar-refractivity contribution in [3.05, 3.63) is 136 Å². The summed E-state index contributed by atoms with van der Waals surface area (Å²) in [5, 5.41) is 3.71. The van der Waals surface area contributed by atoms with E-state index in [4.69, 9.17) is 16.3 Å². The number of nitrogens with one attached hydrogen (secondary N) is 1. The molecule has 200 valence electrons. The molecule has 0 saturated heterocycles. The molecule has 6 heteroatoms. The van der Waals surface area contributed by atoms with Crippen molar-refractivity contribution < 1.29 is 14.3 Å². The molecule has 0 aromatic heterocycles. The molecule has 5 nitrogen and oxygen atoms in total. The van der Waals surface area contributed by atoms with Crippen molar-refractivity contribution in [3.8, 4) is 5.75 Å². The molecule has 0 bridgehead atoms. The third kappa shape index (κ3) is 8.45.